The second-order valence-corrected chi connectivity index (χ2v) is 6.76. The molecule has 0 aromatic carbocycles. The van der Waals surface area contributed by atoms with E-state index in [1.165, 1.54) is 0 Å². The molecule has 1 unspecified atom stereocenters. The number of carbonyl (C=O) groups excluding carboxylic acids is 1. The highest BCUT2D eigenvalue weighted by atomic mass is 16.2. The predicted molar refractivity (Wildman–Crippen MR) is 102 cm³/mol. The molecule has 1 aliphatic rings. The molecule has 3 rings (SSSR count). The molecule has 1 aliphatic heterocycles. The number of anilines is 2. The summed E-state index contributed by atoms with van der Waals surface area (Å²) in [4.78, 5) is 27.6. The van der Waals surface area contributed by atoms with Gasteiger partial charge in [0.25, 0.3) is 0 Å². The van der Waals surface area contributed by atoms with Crippen LogP contribution in [0.15, 0.2) is 24.3 Å². The average Bonchev–Trinajstić information content (AvgIpc) is 2.61. The highest BCUT2D eigenvalue weighted by Gasteiger charge is 2.25. The Kier molecular flexibility index (Phi) is 5.78. The number of aryl methyl sites for hydroxylation is 2. The number of likely N-dealkylation sites (N-methyl/N-ethyl adjacent to an activating group) is 1. The van der Waals surface area contributed by atoms with Crippen LogP contribution in [0.2, 0.25) is 0 Å². The van der Waals surface area contributed by atoms with Gasteiger partial charge in [-0.1, -0.05) is 6.07 Å². The van der Waals surface area contributed by atoms with Crippen LogP contribution in [-0.4, -0.2) is 52.4 Å². The van der Waals surface area contributed by atoms with Crippen molar-refractivity contribution < 1.29 is 4.79 Å². The third kappa shape index (κ3) is 4.54. The van der Waals surface area contributed by atoms with Gasteiger partial charge < -0.3 is 15.5 Å². The van der Waals surface area contributed by atoms with Crippen LogP contribution in [0.5, 0.6) is 0 Å². The maximum absolute atomic E-state index is 12.2. The number of pyridine rings is 1. The number of nitrogens with zero attached hydrogens (tertiary/aromatic N) is 4. The van der Waals surface area contributed by atoms with Gasteiger partial charge in [-0.05, 0) is 51.9 Å². The molecule has 2 N–H and O–H groups in total. The smallest absolute Gasteiger partial charge is 0.236 e. The quantitative estimate of drug-likeness (QED) is 0.856. The first-order valence-electron chi connectivity index (χ1n) is 9.04. The van der Waals surface area contributed by atoms with E-state index >= 15 is 0 Å². The molecule has 1 saturated heterocycles. The average molecular weight is 354 g/mol. The maximum Gasteiger partial charge on any atom is 0.236 e. The minimum atomic E-state index is 0.148. The van der Waals surface area contributed by atoms with Gasteiger partial charge in [0.1, 0.15) is 5.82 Å². The number of hydrogen-bond acceptors (Lipinski definition) is 6. The van der Waals surface area contributed by atoms with Gasteiger partial charge in [-0.2, -0.15) is 0 Å². The van der Waals surface area contributed by atoms with Crippen molar-refractivity contribution in [3.05, 3.63) is 41.3 Å². The summed E-state index contributed by atoms with van der Waals surface area (Å²) in [6, 6.07) is 7.87. The molecular weight excluding hydrogens is 328 g/mol. The Morgan fingerprint density at radius 1 is 1.23 bits per heavy atom. The SMILES string of the molecule is CNCC(=O)N1CCCC(c2cccc(Nc3nc(C)cc(C)n3)n2)C1. The lowest BCUT2D eigenvalue weighted by Crippen LogP contribution is -2.43. The molecule has 3 heterocycles. The van der Waals surface area contributed by atoms with Gasteiger partial charge in [0.15, 0.2) is 0 Å². The van der Waals surface area contributed by atoms with Crippen molar-refractivity contribution in [2.24, 2.45) is 0 Å². The number of carbonyl (C=O) groups is 1. The van der Waals surface area contributed by atoms with E-state index in [9.17, 15) is 4.79 Å². The van der Waals surface area contributed by atoms with Crippen molar-refractivity contribution in [2.45, 2.75) is 32.6 Å². The van der Waals surface area contributed by atoms with E-state index < -0.39 is 0 Å². The third-order valence-electron chi connectivity index (χ3n) is 4.51. The molecule has 7 heteroatoms. The van der Waals surface area contributed by atoms with Crippen LogP contribution >= 0.6 is 0 Å². The number of piperidine rings is 1. The lowest BCUT2D eigenvalue weighted by atomic mass is 9.94. The van der Waals surface area contributed by atoms with E-state index in [0.717, 1.165) is 48.8 Å². The van der Waals surface area contributed by atoms with Gasteiger partial charge in [-0.3, -0.25) is 4.79 Å². The fourth-order valence-corrected chi connectivity index (χ4v) is 3.35. The number of nitrogens with one attached hydrogen (secondary N) is 2. The topological polar surface area (TPSA) is 83.0 Å². The monoisotopic (exact) mass is 354 g/mol. The molecule has 0 radical (unpaired) electrons. The Bertz CT molecular complexity index is 758. The Morgan fingerprint density at radius 2 is 2.00 bits per heavy atom. The van der Waals surface area contributed by atoms with Crippen LogP contribution in [0.3, 0.4) is 0 Å². The summed E-state index contributed by atoms with van der Waals surface area (Å²) in [5.41, 5.74) is 2.84. The van der Waals surface area contributed by atoms with E-state index in [4.69, 9.17) is 4.98 Å². The van der Waals surface area contributed by atoms with Crippen molar-refractivity contribution in [1.82, 2.24) is 25.2 Å². The molecule has 1 atom stereocenters. The van der Waals surface area contributed by atoms with Crippen LogP contribution < -0.4 is 10.6 Å². The summed E-state index contributed by atoms with van der Waals surface area (Å²) in [6.45, 7) is 5.82. The molecule has 1 amide bonds. The van der Waals surface area contributed by atoms with Crippen LogP contribution in [0.1, 0.15) is 35.8 Å². The normalized spacial score (nSPS) is 17.2. The second-order valence-electron chi connectivity index (χ2n) is 6.76. The van der Waals surface area contributed by atoms with Gasteiger partial charge in [0.05, 0.1) is 6.54 Å². The number of likely N-dealkylation sites (tertiary alicyclic amines) is 1. The Morgan fingerprint density at radius 3 is 2.73 bits per heavy atom. The van der Waals surface area contributed by atoms with E-state index in [0.29, 0.717) is 12.5 Å². The first kappa shape index (κ1) is 18.3. The number of amides is 1. The van der Waals surface area contributed by atoms with Gasteiger partial charge in [-0.15, -0.1) is 0 Å². The van der Waals surface area contributed by atoms with Gasteiger partial charge in [0, 0.05) is 36.1 Å². The summed E-state index contributed by atoms with van der Waals surface area (Å²) in [5, 5.41) is 6.13. The molecule has 26 heavy (non-hydrogen) atoms. The Hall–Kier alpha value is -2.54. The summed E-state index contributed by atoms with van der Waals surface area (Å²) in [7, 11) is 1.80. The van der Waals surface area contributed by atoms with E-state index in [2.05, 4.69) is 20.6 Å². The van der Waals surface area contributed by atoms with Gasteiger partial charge >= 0.3 is 0 Å². The van der Waals surface area contributed by atoms with Crippen LogP contribution in [0.4, 0.5) is 11.8 Å². The number of rotatable bonds is 5. The molecule has 7 nitrogen and oxygen atoms in total. The van der Waals surface area contributed by atoms with Crippen LogP contribution in [0.25, 0.3) is 0 Å². The van der Waals surface area contributed by atoms with Gasteiger partial charge in [-0.25, -0.2) is 15.0 Å². The Labute approximate surface area is 154 Å². The third-order valence-corrected chi connectivity index (χ3v) is 4.51. The largest absolute Gasteiger partial charge is 0.341 e. The lowest BCUT2D eigenvalue weighted by molar-refractivity contribution is -0.131. The van der Waals surface area contributed by atoms with Crippen molar-refractivity contribution in [2.75, 3.05) is 32.0 Å². The molecular formula is C19H26N6O. The molecule has 0 spiro atoms. The van der Waals surface area contributed by atoms with E-state index in [-0.39, 0.29) is 11.8 Å². The summed E-state index contributed by atoms with van der Waals surface area (Å²) >= 11 is 0. The minimum Gasteiger partial charge on any atom is -0.341 e. The molecule has 138 valence electrons. The molecule has 1 fully saturated rings. The van der Waals surface area contributed by atoms with Crippen molar-refractivity contribution in [3.63, 3.8) is 0 Å². The summed E-state index contributed by atoms with van der Waals surface area (Å²) < 4.78 is 0. The van der Waals surface area contributed by atoms with E-state index in [1.807, 2.05) is 43.0 Å². The summed E-state index contributed by atoms with van der Waals surface area (Å²) in [5.74, 6) is 1.69. The summed E-state index contributed by atoms with van der Waals surface area (Å²) in [6.07, 6.45) is 2.04. The van der Waals surface area contributed by atoms with Crippen molar-refractivity contribution in [1.29, 1.82) is 0 Å². The fraction of sp³-hybridized carbons (Fsp3) is 0.474. The number of hydrogen-bond donors (Lipinski definition) is 2. The van der Waals surface area contributed by atoms with Crippen molar-refractivity contribution in [3.8, 4) is 0 Å². The second kappa shape index (κ2) is 8.23. The zero-order valence-electron chi connectivity index (χ0n) is 15.6. The standard InChI is InChI=1S/C19H26N6O/c1-13-10-14(2)22-19(21-13)24-17-8-4-7-16(23-17)15-6-5-9-25(12-15)18(26)11-20-3/h4,7-8,10,15,20H,5-6,9,11-12H2,1-3H3,(H,21,22,23,24). The molecule has 0 aliphatic carbocycles. The van der Waals surface area contributed by atoms with Crippen LogP contribution in [-0.2, 0) is 4.79 Å². The maximum atomic E-state index is 12.2. The highest BCUT2D eigenvalue weighted by Crippen LogP contribution is 2.26. The lowest BCUT2D eigenvalue weighted by Gasteiger charge is -2.32. The predicted octanol–water partition coefficient (Wildman–Crippen LogP) is 2.16. The molecule has 0 saturated carbocycles. The van der Waals surface area contributed by atoms with E-state index in [1.54, 1.807) is 7.05 Å². The molecule has 0 bridgehead atoms. The number of aromatic nitrogens is 3. The minimum absolute atomic E-state index is 0.148. The highest BCUT2D eigenvalue weighted by molar-refractivity contribution is 5.78. The molecule has 2 aromatic heterocycles. The molecule has 2 aromatic rings. The van der Waals surface area contributed by atoms with Crippen molar-refractivity contribution >= 4 is 17.7 Å². The van der Waals surface area contributed by atoms with Gasteiger partial charge in [0.2, 0.25) is 11.9 Å². The Balaban J connectivity index is 1.73. The first-order chi connectivity index (χ1) is 12.5. The fourth-order valence-electron chi connectivity index (χ4n) is 3.35. The zero-order chi connectivity index (χ0) is 18.5. The zero-order valence-corrected chi connectivity index (χ0v) is 15.6. The first-order valence-corrected chi connectivity index (χ1v) is 9.04. The van der Waals surface area contributed by atoms with Crippen LogP contribution in [0, 0.1) is 13.8 Å².